The van der Waals surface area contributed by atoms with Gasteiger partial charge in [-0.25, -0.2) is 0 Å². The summed E-state index contributed by atoms with van der Waals surface area (Å²) in [5.41, 5.74) is 0.943. The largest absolute Gasteiger partial charge is 0.466 e. The maximum atomic E-state index is 10.8. The predicted octanol–water partition coefficient (Wildman–Crippen LogP) is 1.63. The van der Waals surface area contributed by atoms with Crippen LogP contribution in [0.1, 0.15) is 11.5 Å². The minimum Gasteiger partial charge on any atom is -0.466 e. The molecule has 0 aliphatic heterocycles. The fraction of sp³-hybridized carbons (Fsp3) is 0.250. The Morgan fingerprint density at radius 2 is 2.50 bits per heavy atom. The van der Waals surface area contributed by atoms with Crippen LogP contribution >= 0.6 is 12.2 Å². The molecular weight excluding hydrogens is 176 g/mol. The molecule has 0 aliphatic rings. The molecule has 0 bridgehead atoms. The number of hydrogen-bond acceptors (Lipinski definition) is 4. The molecule has 0 saturated heterocycles. The summed E-state index contributed by atoms with van der Waals surface area (Å²) in [6, 6.07) is 3.53. The molecule has 0 saturated carbocycles. The molecule has 0 aromatic carbocycles. The van der Waals surface area contributed by atoms with Crippen molar-refractivity contribution in [2.45, 2.75) is 13.3 Å². The van der Waals surface area contributed by atoms with Gasteiger partial charge in [-0.05, 0) is 31.3 Å². The summed E-state index contributed by atoms with van der Waals surface area (Å²) < 4.78 is 9.60. The van der Waals surface area contributed by atoms with Gasteiger partial charge >= 0.3 is 5.97 Å². The highest BCUT2D eigenvalue weighted by atomic mass is 32.1. The average molecular weight is 184 g/mol. The van der Waals surface area contributed by atoms with Crippen LogP contribution in [0.25, 0.3) is 0 Å². The van der Waals surface area contributed by atoms with Gasteiger partial charge in [0.05, 0.1) is 0 Å². The third-order valence-corrected chi connectivity index (χ3v) is 1.39. The fourth-order valence-electron chi connectivity index (χ4n) is 0.818. The highest BCUT2D eigenvalue weighted by Crippen LogP contribution is 2.06. The Bertz CT molecular complexity index is 290. The second-order valence-electron chi connectivity index (χ2n) is 2.28. The number of aryl methyl sites for hydroxylation is 1. The first-order valence-corrected chi connectivity index (χ1v) is 3.88. The normalized spacial score (nSPS) is 9.42. The zero-order valence-electron chi connectivity index (χ0n) is 6.57. The van der Waals surface area contributed by atoms with E-state index in [1.165, 1.54) is 0 Å². The van der Waals surface area contributed by atoms with Gasteiger partial charge in [-0.2, -0.15) is 0 Å². The van der Waals surface area contributed by atoms with Crippen LogP contribution in [0, 0.1) is 6.92 Å². The van der Waals surface area contributed by atoms with Crippen molar-refractivity contribution in [2.75, 3.05) is 0 Å². The summed E-state index contributed by atoms with van der Waals surface area (Å²) in [5.74, 6) is 0.967. The highest BCUT2D eigenvalue weighted by molar-refractivity contribution is 7.78. The van der Waals surface area contributed by atoms with Gasteiger partial charge in [0.1, 0.15) is 17.9 Å². The van der Waals surface area contributed by atoms with E-state index in [-0.39, 0.29) is 6.42 Å². The Morgan fingerprint density at radius 3 is 3.00 bits per heavy atom. The van der Waals surface area contributed by atoms with Crippen LogP contribution in [0.5, 0.6) is 0 Å². The third-order valence-electron chi connectivity index (χ3n) is 1.29. The molecule has 12 heavy (non-hydrogen) atoms. The molecule has 64 valence electrons. The van der Waals surface area contributed by atoms with Crippen molar-refractivity contribution in [2.24, 2.45) is 0 Å². The molecule has 0 radical (unpaired) electrons. The summed E-state index contributed by atoms with van der Waals surface area (Å²) in [4.78, 5) is 10.8. The molecule has 0 spiro atoms. The predicted molar refractivity (Wildman–Crippen MR) is 46.9 cm³/mol. The second kappa shape index (κ2) is 4.01. The van der Waals surface area contributed by atoms with Crippen LogP contribution in [0.4, 0.5) is 0 Å². The van der Waals surface area contributed by atoms with Crippen LogP contribution in [-0.4, -0.2) is 11.5 Å². The number of esters is 1. The topological polar surface area (TPSA) is 39.4 Å². The number of rotatable bonds is 3. The smallest absolute Gasteiger partial charge is 0.319 e. The maximum Gasteiger partial charge on any atom is 0.319 e. The van der Waals surface area contributed by atoms with Gasteiger partial charge in [-0.15, -0.1) is 0 Å². The van der Waals surface area contributed by atoms with Crippen LogP contribution < -0.4 is 0 Å². The maximum absolute atomic E-state index is 10.8. The molecule has 4 heteroatoms. The summed E-state index contributed by atoms with van der Waals surface area (Å²) in [6.45, 7) is 1.81. The molecule has 1 heterocycles. The van der Waals surface area contributed by atoms with Crippen molar-refractivity contribution in [3.8, 4) is 0 Å². The van der Waals surface area contributed by atoms with Crippen molar-refractivity contribution in [3.63, 3.8) is 0 Å². The number of thiocarbonyl (C=S) groups is 1. The monoisotopic (exact) mass is 184 g/mol. The first kappa shape index (κ1) is 8.93. The Labute approximate surface area is 75.3 Å². The Kier molecular flexibility index (Phi) is 2.99. The van der Waals surface area contributed by atoms with E-state index >= 15 is 0 Å². The first-order chi connectivity index (χ1) is 5.72. The lowest BCUT2D eigenvalue weighted by Gasteiger charge is -1.93. The van der Waals surface area contributed by atoms with Gasteiger partial charge in [0, 0.05) is 0 Å². The first-order valence-electron chi connectivity index (χ1n) is 3.41. The number of furan rings is 1. The lowest BCUT2D eigenvalue weighted by atomic mass is 10.3. The number of hydrogen-bond donors (Lipinski definition) is 0. The summed E-state index contributed by atoms with van der Waals surface area (Å²) >= 11 is 4.35. The van der Waals surface area contributed by atoms with Gasteiger partial charge < -0.3 is 9.15 Å². The summed E-state index contributed by atoms with van der Waals surface area (Å²) in [6.07, 6.45) is 0.126. The molecule has 1 aromatic rings. The lowest BCUT2D eigenvalue weighted by Crippen LogP contribution is -2.04. The zero-order valence-corrected chi connectivity index (χ0v) is 7.39. The second-order valence-corrected chi connectivity index (χ2v) is 2.47. The lowest BCUT2D eigenvalue weighted by molar-refractivity contribution is -0.134. The molecule has 0 N–H and O–H groups in total. The molecule has 1 aromatic heterocycles. The van der Waals surface area contributed by atoms with Crippen LogP contribution in [0.2, 0.25) is 0 Å². The Morgan fingerprint density at radius 1 is 1.75 bits per heavy atom. The molecule has 1 rings (SSSR count). The number of ether oxygens (including phenoxy) is 1. The third kappa shape index (κ3) is 2.47. The minimum atomic E-state index is -0.403. The fourth-order valence-corrected chi connectivity index (χ4v) is 0.925. The standard InChI is InChI=1S/C8H8O3S/c1-6-2-3-7(11-6)4-8(9)10-5-12/h2-3,5H,4H2,1H3. The van der Waals surface area contributed by atoms with E-state index in [2.05, 4.69) is 17.0 Å². The van der Waals surface area contributed by atoms with Gasteiger partial charge in [0.25, 0.3) is 0 Å². The van der Waals surface area contributed by atoms with Gasteiger partial charge in [0.15, 0.2) is 5.55 Å². The van der Waals surface area contributed by atoms with Crippen molar-refractivity contribution < 1.29 is 13.9 Å². The van der Waals surface area contributed by atoms with E-state index in [1.807, 2.05) is 6.92 Å². The van der Waals surface area contributed by atoms with Crippen LogP contribution in [0.3, 0.4) is 0 Å². The highest BCUT2D eigenvalue weighted by Gasteiger charge is 2.06. The van der Waals surface area contributed by atoms with E-state index in [0.717, 1.165) is 11.3 Å². The van der Waals surface area contributed by atoms with Crippen LogP contribution in [-0.2, 0) is 16.0 Å². The van der Waals surface area contributed by atoms with E-state index in [1.54, 1.807) is 12.1 Å². The van der Waals surface area contributed by atoms with Gasteiger partial charge in [-0.3, -0.25) is 4.79 Å². The molecule has 0 amide bonds. The minimum absolute atomic E-state index is 0.126. The van der Waals surface area contributed by atoms with Gasteiger partial charge in [0.2, 0.25) is 0 Å². The van der Waals surface area contributed by atoms with Crippen molar-refractivity contribution in [1.29, 1.82) is 0 Å². The summed E-state index contributed by atoms with van der Waals surface area (Å²) in [7, 11) is 0. The van der Waals surface area contributed by atoms with E-state index < -0.39 is 5.97 Å². The van der Waals surface area contributed by atoms with Crippen molar-refractivity contribution in [1.82, 2.24) is 0 Å². The van der Waals surface area contributed by atoms with Crippen molar-refractivity contribution in [3.05, 3.63) is 23.7 Å². The Hall–Kier alpha value is -1.16. The zero-order chi connectivity index (χ0) is 8.97. The number of carbonyl (C=O) groups is 1. The molecule has 3 nitrogen and oxygen atoms in total. The van der Waals surface area contributed by atoms with Gasteiger partial charge in [-0.1, -0.05) is 0 Å². The van der Waals surface area contributed by atoms with E-state index in [0.29, 0.717) is 5.76 Å². The van der Waals surface area contributed by atoms with E-state index in [9.17, 15) is 4.79 Å². The molecule has 0 unspecified atom stereocenters. The number of carbonyl (C=O) groups excluding carboxylic acids is 1. The van der Waals surface area contributed by atoms with E-state index in [4.69, 9.17) is 4.42 Å². The molecular formula is C8H8O3S. The summed E-state index contributed by atoms with van der Waals surface area (Å²) in [5, 5.41) is 0. The SMILES string of the molecule is Cc1ccc(CC(=O)OC=S)o1. The molecule has 0 fully saturated rings. The Balaban J connectivity index is 2.52. The quantitative estimate of drug-likeness (QED) is 0.528. The van der Waals surface area contributed by atoms with Crippen LogP contribution in [0.15, 0.2) is 16.5 Å². The van der Waals surface area contributed by atoms with Crippen molar-refractivity contribution >= 4 is 23.7 Å². The molecule has 0 atom stereocenters. The average Bonchev–Trinajstić information content (AvgIpc) is 2.36. The molecule has 0 aliphatic carbocycles.